The summed E-state index contributed by atoms with van der Waals surface area (Å²) in [7, 11) is 1.63. The largest absolute Gasteiger partial charge is 0.497 e. The molecule has 1 aromatic rings. The van der Waals surface area contributed by atoms with Crippen LogP contribution in [0.4, 0.5) is 0 Å². The average Bonchev–Trinajstić information content (AvgIpc) is 2.97. The average molecular weight is 273 g/mol. The molecule has 0 aliphatic carbocycles. The molecule has 0 aromatic heterocycles. The maximum Gasteiger partial charge on any atom is 0.247 e. The number of ether oxygens (including phenoxy) is 1. The fourth-order valence-electron chi connectivity index (χ4n) is 3.11. The number of rotatable bonds is 4. The third kappa shape index (κ3) is 2.55. The lowest BCUT2D eigenvalue weighted by atomic mass is 10.1. The molecule has 4 heteroatoms. The zero-order valence-electron chi connectivity index (χ0n) is 12.0. The Morgan fingerprint density at radius 1 is 1.25 bits per heavy atom. The summed E-state index contributed by atoms with van der Waals surface area (Å²) < 4.78 is 7.56. The van der Waals surface area contributed by atoms with E-state index in [2.05, 4.69) is 9.48 Å². The van der Waals surface area contributed by atoms with Crippen LogP contribution in [-0.2, 0) is 0 Å². The van der Waals surface area contributed by atoms with E-state index in [1.54, 1.807) is 7.11 Å². The Labute approximate surface area is 119 Å². The third-order valence-electron chi connectivity index (χ3n) is 4.16. The lowest BCUT2D eigenvalue weighted by molar-refractivity contribution is -0.529. The van der Waals surface area contributed by atoms with Gasteiger partial charge in [-0.2, -0.15) is 0 Å². The summed E-state index contributed by atoms with van der Waals surface area (Å²) in [6.45, 7) is 3.82. The number of benzene rings is 1. The Hall–Kier alpha value is -1.84. The zero-order chi connectivity index (χ0) is 13.9. The summed E-state index contributed by atoms with van der Waals surface area (Å²) in [4.78, 5) is 14.7. The highest BCUT2D eigenvalue weighted by molar-refractivity contribution is 5.99. The first-order chi connectivity index (χ1) is 9.78. The summed E-state index contributed by atoms with van der Waals surface area (Å²) in [5.41, 5.74) is 0.765. The maximum atomic E-state index is 12.4. The lowest BCUT2D eigenvalue weighted by Gasteiger charge is -2.23. The SMILES string of the molecule is COc1ccc(C(=O)CN2CCC[N+]3=C2CCC3)cc1. The second-order valence-electron chi connectivity index (χ2n) is 5.43. The maximum absolute atomic E-state index is 12.4. The van der Waals surface area contributed by atoms with E-state index >= 15 is 0 Å². The van der Waals surface area contributed by atoms with E-state index < -0.39 is 0 Å². The van der Waals surface area contributed by atoms with Crippen LogP contribution >= 0.6 is 0 Å². The van der Waals surface area contributed by atoms with E-state index in [4.69, 9.17) is 4.74 Å². The topological polar surface area (TPSA) is 32.5 Å². The Bertz CT molecular complexity index is 534. The van der Waals surface area contributed by atoms with Gasteiger partial charge in [0.15, 0.2) is 0 Å². The van der Waals surface area contributed by atoms with Crippen molar-refractivity contribution < 1.29 is 14.1 Å². The van der Waals surface area contributed by atoms with Gasteiger partial charge in [-0.05, 0) is 30.7 Å². The molecule has 0 amide bonds. The molecule has 0 N–H and O–H groups in total. The minimum absolute atomic E-state index is 0.189. The van der Waals surface area contributed by atoms with Crippen molar-refractivity contribution in [2.24, 2.45) is 0 Å². The number of methoxy groups -OCH3 is 1. The molecular formula is C16H21N2O2+. The van der Waals surface area contributed by atoms with Crippen molar-refractivity contribution >= 4 is 11.6 Å². The van der Waals surface area contributed by atoms with Gasteiger partial charge in [0, 0.05) is 12.0 Å². The molecule has 0 saturated heterocycles. The smallest absolute Gasteiger partial charge is 0.247 e. The first-order valence-electron chi connectivity index (χ1n) is 7.31. The second-order valence-corrected chi connectivity index (χ2v) is 5.43. The van der Waals surface area contributed by atoms with Crippen LogP contribution < -0.4 is 4.74 Å². The van der Waals surface area contributed by atoms with Gasteiger partial charge < -0.3 is 4.74 Å². The van der Waals surface area contributed by atoms with E-state index in [1.165, 1.54) is 12.3 Å². The fraction of sp³-hybridized carbons (Fsp3) is 0.500. The van der Waals surface area contributed by atoms with Gasteiger partial charge in [0.05, 0.1) is 33.2 Å². The van der Waals surface area contributed by atoms with Gasteiger partial charge in [0.25, 0.3) is 0 Å². The number of ketones is 1. The molecule has 3 rings (SSSR count). The molecule has 0 unspecified atom stereocenters. The van der Waals surface area contributed by atoms with Crippen molar-refractivity contribution in [3.05, 3.63) is 29.8 Å². The highest BCUT2D eigenvalue weighted by Crippen LogP contribution is 2.16. The van der Waals surface area contributed by atoms with Crippen LogP contribution in [0, 0.1) is 0 Å². The van der Waals surface area contributed by atoms with E-state index in [0.29, 0.717) is 6.54 Å². The molecule has 2 heterocycles. The first kappa shape index (κ1) is 13.2. The van der Waals surface area contributed by atoms with Crippen LogP contribution in [0.3, 0.4) is 0 Å². The van der Waals surface area contributed by atoms with Crippen LogP contribution in [0.25, 0.3) is 0 Å². The summed E-state index contributed by atoms with van der Waals surface area (Å²) in [6, 6.07) is 7.39. The Morgan fingerprint density at radius 2 is 2.00 bits per heavy atom. The van der Waals surface area contributed by atoms with Gasteiger partial charge >= 0.3 is 0 Å². The van der Waals surface area contributed by atoms with Crippen molar-refractivity contribution in [3.63, 3.8) is 0 Å². The van der Waals surface area contributed by atoms with Gasteiger partial charge in [0.2, 0.25) is 11.6 Å². The van der Waals surface area contributed by atoms with Gasteiger partial charge in [-0.3, -0.25) is 14.3 Å². The van der Waals surface area contributed by atoms with E-state index in [0.717, 1.165) is 43.8 Å². The van der Waals surface area contributed by atoms with Crippen LogP contribution in [0.1, 0.15) is 29.6 Å². The molecular weight excluding hydrogens is 252 g/mol. The molecule has 0 radical (unpaired) electrons. The number of amidine groups is 1. The molecule has 2 aliphatic heterocycles. The number of hydrogen-bond acceptors (Lipinski definition) is 3. The van der Waals surface area contributed by atoms with Crippen molar-refractivity contribution in [2.75, 3.05) is 33.3 Å². The van der Waals surface area contributed by atoms with Gasteiger partial charge in [-0.1, -0.05) is 0 Å². The second kappa shape index (κ2) is 5.65. The van der Waals surface area contributed by atoms with Gasteiger partial charge in [0.1, 0.15) is 12.3 Å². The van der Waals surface area contributed by atoms with Crippen LogP contribution in [0.2, 0.25) is 0 Å². The van der Waals surface area contributed by atoms with Gasteiger partial charge in [-0.25, -0.2) is 0 Å². The summed E-state index contributed by atoms with van der Waals surface area (Å²) in [6.07, 6.45) is 3.50. The normalized spacial score (nSPS) is 18.1. The Morgan fingerprint density at radius 3 is 2.75 bits per heavy atom. The minimum atomic E-state index is 0.189. The molecule has 4 nitrogen and oxygen atoms in total. The molecule has 0 atom stereocenters. The molecule has 0 saturated carbocycles. The highest BCUT2D eigenvalue weighted by atomic mass is 16.5. The quantitative estimate of drug-likeness (QED) is 0.619. The monoisotopic (exact) mass is 273 g/mol. The van der Waals surface area contributed by atoms with Crippen LogP contribution in [0.15, 0.2) is 24.3 Å². The van der Waals surface area contributed by atoms with E-state index in [9.17, 15) is 4.79 Å². The number of carbonyl (C=O) groups excluding carboxylic acids is 1. The Kier molecular flexibility index (Phi) is 3.72. The predicted octanol–water partition coefficient (Wildman–Crippen LogP) is 1.79. The standard InChI is InChI=1S/C16H21N2O2/c1-20-14-7-5-13(6-8-14)15(19)12-18-11-3-10-17-9-2-4-16(17)18/h5-8H,2-4,9-12H2,1H3/q+1. The van der Waals surface area contributed by atoms with Crippen molar-refractivity contribution in [1.82, 2.24) is 4.90 Å². The van der Waals surface area contributed by atoms with Crippen molar-refractivity contribution in [3.8, 4) is 5.75 Å². The van der Waals surface area contributed by atoms with Crippen molar-refractivity contribution in [2.45, 2.75) is 19.3 Å². The van der Waals surface area contributed by atoms with E-state index in [1.807, 2.05) is 24.3 Å². The van der Waals surface area contributed by atoms with Crippen LogP contribution in [0.5, 0.6) is 5.75 Å². The zero-order valence-corrected chi connectivity index (χ0v) is 12.0. The minimum Gasteiger partial charge on any atom is -0.497 e. The molecule has 2 aliphatic rings. The molecule has 0 spiro atoms. The highest BCUT2D eigenvalue weighted by Gasteiger charge is 2.32. The van der Waals surface area contributed by atoms with Crippen LogP contribution in [-0.4, -0.2) is 54.4 Å². The fourth-order valence-corrected chi connectivity index (χ4v) is 3.11. The predicted molar refractivity (Wildman–Crippen MR) is 77.7 cm³/mol. The van der Waals surface area contributed by atoms with Gasteiger partial charge in [-0.15, -0.1) is 0 Å². The summed E-state index contributed by atoms with van der Waals surface area (Å²) in [5.74, 6) is 2.35. The molecule has 0 bridgehead atoms. The summed E-state index contributed by atoms with van der Waals surface area (Å²) >= 11 is 0. The number of hydrogen-bond donors (Lipinski definition) is 0. The summed E-state index contributed by atoms with van der Waals surface area (Å²) in [5, 5.41) is 0. The number of carbonyl (C=O) groups is 1. The number of Topliss-reactive ketones (excluding diaryl/α,β-unsaturated/α-hetero) is 1. The third-order valence-corrected chi connectivity index (χ3v) is 4.16. The van der Waals surface area contributed by atoms with Crippen molar-refractivity contribution in [1.29, 1.82) is 0 Å². The molecule has 1 aromatic carbocycles. The molecule has 20 heavy (non-hydrogen) atoms. The molecule has 0 fully saturated rings. The molecule has 106 valence electrons. The lowest BCUT2D eigenvalue weighted by Crippen LogP contribution is -2.43. The number of nitrogens with zero attached hydrogens (tertiary/aromatic N) is 2. The first-order valence-corrected chi connectivity index (χ1v) is 7.31. The van der Waals surface area contributed by atoms with E-state index in [-0.39, 0.29) is 5.78 Å². The Balaban J connectivity index is 1.70.